The standard InChI is InChI=1S/C8H11NO3/c1-3-8(10)12-7-6-11-5-4-9-2/h3H,1,4-7H2. The highest BCUT2D eigenvalue weighted by Crippen LogP contribution is 1.81. The molecule has 66 valence electrons. The van der Waals surface area contributed by atoms with Crippen LogP contribution in [0.1, 0.15) is 0 Å². The van der Waals surface area contributed by atoms with Crippen LogP contribution in [0.5, 0.6) is 0 Å². The topological polar surface area (TPSA) is 39.9 Å². The zero-order valence-corrected chi connectivity index (χ0v) is 6.78. The summed E-state index contributed by atoms with van der Waals surface area (Å²) in [7, 11) is 0. The van der Waals surface area contributed by atoms with Crippen molar-refractivity contribution >= 4 is 5.97 Å². The van der Waals surface area contributed by atoms with Crippen LogP contribution >= 0.6 is 0 Å². The van der Waals surface area contributed by atoms with Gasteiger partial charge < -0.3 is 14.3 Å². The van der Waals surface area contributed by atoms with Crippen molar-refractivity contribution in [3.05, 3.63) is 24.1 Å². The summed E-state index contributed by atoms with van der Waals surface area (Å²) in [5.74, 6) is -0.455. The molecule has 12 heavy (non-hydrogen) atoms. The Hall–Kier alpha value is -1.34. The first kappa shape index (κ1) is 10.7. The third kappa shape index (κ3) is 6.78. The Morgan fingerprint density at radius 2 is 2.25 bits per heavy atom. The van der Waals surface area contributed by atoms with Crippen molar-refractivity contribution in [2.24, 2.45) is 0 Å². The average molecular weight is 169 g/mol. The summed E-state index contributed by atoms with van der Waals surface area (Å²) in [5, 5.41) is 0. The Balaban J connectivity index is 3.06. The fourth-order valence-corrected chi connectivity index (χ4v) is 0.472. The molecule has 0 N–H and O–H groups in total. The molecular formula is C8H11NO3. The SMILES string of the molecule is [C-]#[N+]CCOCCOC(=O)C=C. The molecule has 0 aromatic rings. The smallest absolute Gasteiger partial charge is 0.330 e. The van der Waals surface area contributed by atoms with Gasteiger partial charge in [-0.1, -0.05) is 6.58 Å². The van der Waals surface area contributed by atoms with E-state index in [4.69, 9.17) is 11.3 Å². The van der Waals surface area contributed by atoms with Crippen molar-refractivity contribution < 1.29 is 14.3 Å². The zero-order valence-electron chi connectivity index (χ0n) is 6.78. The Kier molecular flexibility index (Phi) is 6.90. The van der Waals surface area contributed by atoms with E-state index in [2.05, 4.69) is 16.2 Å². The Labute approximate surface area is 71.6 Å². The van der Waals surface area contributed by atoms with Gasteiger partial charge in [-0.2, -0.15) is 0 Å². The molecule has 0 aromatic carbocycles. The number of carbonyl (C=O) groups is 1. The Bertz CT molecular complexity index is 183. The molecule has 4 nitrogen and oxygen atoms in total. The van der Waals surface area contributed by atoms with Gasteiger partial charge in [0.05, 0.1) is 6.61 Å². The van der Waals surface area contributed by atoms with Gasteiger partial charge in [0, 0.05) is 6.08 Å². The second-order valence-corrected chi connectivity index (χ2v) is 1.87. The van der Waals surface area contributed by atoms with Crippen LogP contribution in [0.4, 0.5) is 0 Å². The first-order valence-electron chi connectivity index (χ1n) is 3.51. The van der Waals surface area contributed by atoms with E-state index in [1.165, 1.54) is 0 Å². The minimum absolute atomic E-state index is 0.211. The molecule has 0 aliphatic heterocycles. The summed E-state index contributed by atoms with van der Waals surface area (Å²) in [6, 6.07) is 0. The highest BCUT2D eigenvalue weighted by molar-refractivity contribution is 5.81. The maximum Gasteiger partial charge on any atom is 0.330 e. The molecule has 0 saturated carbocycles. The van der Waals surface area contributed by atoms with Gasteiger partial charge in [0.25, 0.3) is 0 Å². The van der Waals surface area contributed by atoms with Crippen LogP contribution in [0, 0.1) is 6.57 Å². The minimum Gasteiger partial charge on any atom is -0.460 e. The molecule has 4 heteroatoms. The minimum atomic E-state index is -0.455. The van der Waals surface area contributed by atoms with Gasteiger partial charge in [0.2, 0.25) is 6.54 Å². The predicted molar refractivity (Wildman–Crippen MR) is 43.4 cm³/mol. The van der Waals surface area contributed by atoms with E-state index >= 15 is 0 Å². The molecule has 0 aromatic heterocycles. The highest BCUT2D eigenvalue weighted by Gasteiger charge is 1.94. The number of hydrogen-bond donors (Lipinski definition) is 0. The third-order valence-electron chi connectivity index (χ3n) is 0.986. The van der Waals surface area contributed by atoms with Gasteiger partial charge >= 0.3 is 5.97 Å². The van der Waals surface area contributed by atoms with E-state index in [1.807, 2.05) is 0 Å². The normalized spacial score (nSPS) is 8.58. The summed E-state index contributed by atoms with van der Waals surface area (Å²) in [4.78, 5) is 13.5. The molecule has 0 aliphatic carbocycles. The van der Waals surface area contributed by atoms with E-state index in [9.17, 15) is 4.79 Å². The lowest BCUT2D eigenvalue weighted by atomic mass is 10.6. The number of hydrogen-bond acceptors (Lipinski definition) is 3. The van der Waals surface area contributed by atoms with Crippen molar-refractivity contribution in [3.63, 3.8) is 0 Å². The fourth-order valence-electron chi connectivity index (χ4n) is 0.472. The molecule has 0 atom stereocenters. The lowest BCUT2D eigenvalue weighted by Gasteiger charge is -2.00. The average Bonchev–Trinajstić information content (AvgIpc) is 2.10. The maximum atomic E-state index is 10.5. The lowest BCUT2D eigenvalue weighted by Crippen LogP contribution is -2.09. The van der Waals surface area contributed by atoms with Crippen LogP contribution in [0.25, 0.3) is 4.85 Å². The summed E-state index contributed by atoms with van der Waals surface area (Å²) in [6.45, 7) is 10.9. The van der Waals surface area contributed by atoms with E-state index in [0.717, 1.165) is 6.08 Å². The Morgan fingerprint density at radius 1 is 1.50 bits per heavy atom. The third-order valence-corrected chi connectivity index (χ3v) is 0.986. The van der Waals surface area contributed by atoms with Gasteiger partial charge in [-0.05, 0) is 0 Å². The highest BCUT2D eigenvalue weighted by atomic mass is 16.6. The quantitative estimate of drug-likeness (QED) is 0.254. The fraction of sp³-hybridized carbons (Fsp3) is 0.500. The van der Waals surface area contributed by atoms with Crippen molar-refractivity contribution in [2.45, 2.75) is 0 Å². The summed E-state index contributed by atoms with van der Waals surface area (Å²) >= 11 is 0. The van der Waals surface area contributed by atoms with E-state index in [1.54, 1.807) is 0 Å². The van der Waals surface area contributed by atoms with Gasteiger partial charge in [0.15, 0.2) is 0 Å². The zero-order chi connectivity index (χ0) is 9.23. The van der Waals surface area contributed by atoms with Crippen molar-refractivity contribution in [3.8, 4) is 0 Å². The van der Waals surface area contributed by atoms with Gasteiger partial charge in [0.1, 0.15) is 13.2 Å². The molecule has 0 amide bonds. The van der Waals surface area contributed by atoms with E-state index < -0.39 is 5.97 Å². The molecule has 0 bridgehead atoms. The number of ether oxygens (including phenoxy) is 2. The Morgan fingerprint density at radius 3 is 2.83 bits per heavy atom. The van der Waals surface area contributed by atoms with Crippen LogP contribution in [0.3, 0.4) is 0 Å². The van der Waals surface area contributed by atoms with Crippen LogP contribution in [-0.2, 0) is 14.3 Å². The van der Waals surface area contributed by atoms with Gasteiger partial charge in [-0.25, -0.2) is 11.4 Å². The molecular weight excluding hydrogens is 158 g/mol. The first-order valence-corrected chi connectivity index (χ1v) is 3.51. The van der Waals surface area contributed by atoms with Crippen molar-refractivity contribution in [1.82, 2.24) is 0 Å². The van der Waals surface area contributed by atoms with Crippen LogP contribution in [0.15, 0.2) is 12.7 Å². The van der Waals surface area contributed by atoms with E-state index in [-0.39, 0.29) is 6.61 Å². The van der Waals surface area contributed by atoms with Crippen molar-refractivity contribution in [1.29, 1.82) is 0 Å². The summed E-state index contributed by atoms with van der Waals surface area (Å²) in [6.07, 6.45) is 1.10. The molecule has 0 spiro atoms. The maximum absolute atomic E-state index is 10.5. The van der Waals surface area contributed by atoms with Gasteiger partial charge in [-0.15, -0.1) is 0 Å². The van der Waals surface area contributed by atoms with Crippen LogP contribution < -0.4 is 0 Å². The molecule has 0 aliphatic rings. The largest absolute Gasteiger partial charge is 0.460 e. The molecule has 0 radical (unpaired) electrons. The molecule has 0 rings (SSSR count). The van der Waals surface area contributed by atoms with E-state index in [0.29, 0.717) is 19.8 Å². The molecule has 0 unspecified atom stereocenters. The van der Waals surface area contributed by atoms with Gasteiger partial charge in [-0.3, -0.25) is 0 Å². The second-order valence-electron chi connectivity index (χ2n) is 1.87. The number of rotatable bonds is 6. The predicted octanol–water partition coefficient (Wildman–Crippen LogP) is 0.651. The van der Waals surface area contributed by atoms with Crippen molar-refractivity contribution in [2.75, 3.05) is 26.4 Å². The number of esters is 1. The molecule has 0 fully saturated rings. The van der Waals surface area contributed by atoms with Crippen LogP contribution in [-0.4, -0.2) is 32.3 Å². The molecule has 0 saturated heterocycles. The lowest BCUT2D eigenvalue weighted by molar-refractivity contribution is -0.139. The monoisotopic (exact) mass is 169 g/mol. The number of carbonyl (C=O) groups excluding carboxylic acids is 1. The number of nitrogens with zero attached hydrogens (tertiary/aromatic N) is 1. The summed E-state index contributed by atoms with van der Waals surface area (Å²) < 4.78 is 9.56. The first-order chi connectivity index (χ1) is 5.81. The second kappa shape index (κ2) is 7.76. The van der Waals surface area contributed by atoms with Crippen LogP contribution in [0.2, 0.25) is 0 Å². The molecule has 0 heterocycles. The summed E-state index contributed by atoms with van der Waals surface area (Å²) in [5.41, 5.74) is 0.